The summed E-state index contributed by atoms with van der Waals surface area (Å²) in [6.07, 6.45) is 3.39. The zero-order valence-electron chi connectivity index (χ0n) is 19.6. The Kier molecular flexibility index (Phi) is 5.28. The normalized spacial score (nSPS) is 11.6. The van der Waals surface area contributed by atoms with Gasteiger partial charge >= 0.3 is 0 Å². The van der Waals surface area contributed by atoms with Gasteiger partial charge in [-0.2, -0.15) is 5.10 Å². The average Bonchev–Trinajstić information content (AvgIpc) is 3.42. The number of aromatic nitrogens is 5. The van der Waals surface area contributed by atoms with E-state index in [9.17, 15) is 9.59 Å². The van der Waals surface area contributed by atoms with Gasteiger partial charge in [-0.05, 0) is 49.2 Å². The second-order valence-electron chi connectivity index (χ2n) is 8.79. The Morgan fingerprint density at radius 2 is 1.91 bits per heavy atom. The molecule has 0 saturated heterocycles. The number of imidazole rings is 1. The van der Waals surface area contributed by atoms with Crippen molar-refractivity contribution in [2.24, 2.45) is 7.05 Å². The highest BCUT2D eigenvalue weighted by Crippen LogP contribution is 2.32. The van der Waals surface area contributed by atoms with Crippen molar-refractivity contribution in [3.05, 3.63) is 93.9 Å². The lowest BCUT2D eigenvalue weighted by atomic mass is 10.0. The van der Waals surface area contributed by atoms with Crippen molar-refractivity contribution in [1.29, 1.82) is 0 Å². The monoisotopic (exact) mass is 454 g/mol. The molecule has 8 nitrogen and oxygen atoms in total. The Hall–Kier alpha value is -4.20. The van der Waals surface area contributed by atoms with Crippen LogP contribution in [0.25, 0.3) is 16.6 Å². The number of benzene rings is 1. The molecule has 172 valence electrons. The smallest absolute Gasteiger partial charge is 0.274 e. The maximum atomic E-state index is 13.2. The summed E-state index contributed by atoms with van der Waals surface area (Å²) >= 11 is 0. The molecule has 1 amide bonds. The van der Waals surface area contributed by atoms with E-state index in [1.165, 1.54) is 0 Å². The number of hydrogen-bond acceptors (Lipinski definition) is 4. The Morgan fingerprint density at radius 3 is 2.71 bits per heavy atom. The van der Waals surface area contributed by atoms with E-state index in [4.69, 9.17) is 5.10 Å². The summed E-state index contributed by atoms with van der Waals surface area (Å²) in [6, 6.07) is 15.1. The number of amides is 1. The number of rotatable bonds is 5. The van der Waals surface area contributed by atoms with Gasteiger partial charge in [0.05, 0.1) is 29.6 Å². The molecule has 5 aromatic rings. The van der Waals surface area contributed by atoms with Gasteiger partial charge in [-0.1, -0.05) is 26.0 Å². The molecule has 0 radical (unpaired) electrons. The maximum Gasteiger partial charge on any atom is 0.274 e. The Bertz CT molecular complexity index is 1610. The van der Waals surface area contributed by atoms with Gasteiger partial charge in [-0.25, -0.2) is 4.98 Å². The largest absolute Gasteiger partial charge is 0.320 e. The quantitative estimate of drug-likeness (QED) is 0.433. The first-order chi connectivity index (χ1) is 16.3. The SMILES string of the molecule is Cc1ccc(Cn2nc(C(C)C)c3c(NC(=O)c4cnc5ccccn45)cccc32)c(=O)n1C. The number of nitrogens with zero attached hydrogens (tertiary/aromatic N) is 5. The second kappa shape index (κ2) is 8.30. The Balaban J connectivity index is 1.58. The van der Waals surface area contributed by atoms with E-state index in [-0.39, 0.29) is 17.4 Å². The first-order valence-corrected chi connectivity index (χ1v) is 11.2. The molecule has 1 N–H and O–H groups in total. The molecule has 0 aliphatic rings. The molecule has 0 bridgehead atoms. The molecule has 5 rings (SSSR count). The first kappa shape index (κ1) is 21.6. The lowest BCUT2D eigenvalue weighted by Gasteiger charge is -2.10. The van der Waals surface area contributed by atoms with Crippen molar-refractivity contribution in [1.82, 2.24) is 23.7 Å². The van der Waals surface area contributed by atoms with Crippen molar-refractivity contribution < 1.29 is 4.79 Å². The molecule has 34 heavy (non-hydrogen) atoms. The number of anilines is 1. The molecule has 4 aromatic heterocycles. The summed E-state index contributed by atoms with van der Waals surface area (Å²) in [5.74, 6) is -0.125. The summed E-state index contributed by atoms with van der Waals surface area (Å²) in [5, 5.41) is 8.80. The minimum Gasteiger partial charge on any atom is -0.320 e. The maximum absolute atomic E-state index is 13.2. The van der Waals surface area contributed by atoms with Crippen molar-refractivity contribution in [2.75, 3.05) is 5.32 Å². The van der Waals surface area contributed by atoms with Gasteiger partial charge in [0.15, 0.2) is 0 Å². The molecule has 0 unspecified atom stereocenters. The van der Waals surface area contributed by atoms with E-state index >= 15 is 0 Å². The zero-order chi connectivity index (χ0) is 24.0. The third-order valence-corrected chi connectivity index (χ3v) is 6.20. The number of fused-ring (bicyclic) bond motifs is 2. The van der Waals surface area contributed by atoms with E-state index in [0.29, 0.717) is 29.1 Å². The van der Waals surface area contributed by atoms with Crippen LogP contribution >= 0.6 is 0 Å². The van der Waals surface area contributed by atoms with Crippen LogP contribution in [0.5, 0.6) is 0 Å². The van der Waals surface area contributed by atoms with Gasteiger partial charge in [-0.15, -0.1) is 0 Å². The van der Waals surface area contributed by atoms with Crippen molar-refractivity contribution in [3.8, 4) is 0 Å². The third kappa shape index (κ3) is 3.57. The molecule has 1 aromatic carbocycles. The van der Waals surface area contributed by atoms with Crippen LogP contribution in [-0.2, 0) is 13.6 Å². The minimum atomic E-state index is -0.249. The summed E-state index contributed by atoms with van der Waals surface area (Å²) in [7, 11) is 1.77. The summed E-state index contributed by atoms with van der Waals surface area (Å²) in [6.45, 7) is 6.39. The third-order valence-electron chi connectivity index (χ3n) is 6.20. The van der Waals surface area contributed by atoms with E-state index < -0.39 is 0 Å². The van der Waals surface area contributed by atoms with E-state index in [0.717, 1.165) is 22.3 Å². The average molecular weight is 455 g/mol. The molecule has 0 fully saturated rings. The van der Waals surface area contributed by atoms with Crippen molar-refractivity contribution in [3.63, 3.8) is 0 Å². The topological polar surface area (TPSA) is 86.2 Å². The number of hydrogen-bond donors (Lipinski definition) is 1. The van der Waals surface area contributed by atoms with Crippen LogP contribution < -0.4 is 10.9 Å². The molecule has 0 spiro atoms. The molecule has 0 aliphatic heterocycles. The van der Waals surface area contributed by atoms with Gasteiger partial charge in [0, 0.05) is 29.9 Å². The molecule has 0 aliphatic carbocycles. The van der Waals surface area contributed by atoms with Gasteiger partial charge in [0.2, 0.25) is 0 Å². The van der Waals surface area contributed by atoms with E-state index in [1.807, 2.05) is 66.3 Å². The highest BCUT2D eigenvalue weighted by atomic mass is 16.2. The summed E-state index contributed by atoms with van der Waals surface area (Å²) < 4.78 is 5.25. The highest BCUT2D eigenvalue weighted by Gasteiger charge is 2.20. The lowest BCUT2D eigenvalue weighted by Crippen LogP contribution is -2.24. The van der Waals surface area contributed by atoms with Gasteiger partial charge < -0.3 is 9.88 Å². The van der Waals surface area contributed by atoms with E-state index in [2.05, 4.69) is 24.1 Å². The highest BCUT2D eigenvalue weighted by molar-refractivity contribution is 6.09. The Labute approximate surface area is 196 Å². The summed E-state index contributed by atoms with van der Waals surface area (Å²) in [4.78, 5) is 30.3. The second-order valence-corrected chi connectivity index (χ2v) is 8.79. The number of carbonyl (C=O) groups excluding carboxylic acids is 1. The molecule has 0 atom stereocenters. The van der Waals surface area contributed by atoms with Gasteiger partial charge in [-0.3, -0.25) is 18.7 Å². The molecule has 0 saturated carbocycles. The number of carbonyl (C=O) groups is 1. The van der Waals surface area contributed by atoms with Gasteiger partial charge in [0.25, 0.3) is 11.5 Å². The molecule has 4 heterocycles. The van der Waals surface area contributed by atoms with Crippen LogP contribution in [0, 0.1) is 6.92 Å². The molecule has 8 heteroatoms. The zero-order valence-corrected chi connectivity index (χ0v) is 19.6. The first-order valence-electron chi connectivity index (χ1n) is 11.2. The Morgan fingerprint density at radius 1 is 1.09 bits per heavy atom. The fourth-order valence-corrected chi connectivity index (χ4v) is 4.24. The predicted octanol–water partition coefficient (Wildman–Crippen LogP) is 4.12. The predicted molar refractivity (Wildman–Crippen MR) is 132 cm³/mol. The standard InChI is InChI=1S/C26H26N6O2/c1-16(2)24-23-19(28-25(33)21-14-27-22-10-5-6-13-31(21)22)8-7-9-20(23)32(29-24)15-18-12-11-17(3)30(4)26(18)34/h5-14,16H,15H2,1-4H3,(H,28,33). The van der Waals surface area contributed by atoms with Crippen LogP contribution in [0.1, 0.15) is 47.2 Å². The van der Waals surface area contributed by atoms with Crippen LogP contribution in [-0.4, -0.2) is 29.6 Å². The molecular weight excluding hydrogens is 428 g/mol. The van der Waals surface area contributed by atoms with E-state index in [1.54, 1.807) is 22.2 Å². The molecular formula is C26H26N6O2. The lowest BCUT2D eigenvalue weighted by molar-refractivity contribution is 0.102. The number of nitrogens with one attached hydrogen (secondary N) is 1. The number of aryl methyl sites for hydroxylation is 1. The fraction of sp³-hybridized carbons (Fsp3) is 0.231. The van der Waals surface area contributed by atoms with Crippen molar-refractivity contribution >= 4 is 28.1 Å². The van der Waals surface area contributed by atoms with Crippen LogP contribution in [0.15, 0.2) is 65.7 Å². The van der Waals surface area contributed by atoms with Gasteiger partial charge in [0.1, 0.15) is 11.3 Å². The fourth-order valence-electron chi connectivity index (χ4n) is 4.24. The van der Waals surface area contributed by atoms with Crippen LogP contribution in [0.4, 0.5) is 5.69 Å². The van der Waals surface area contributed by atoms with Crippen molar-refractivity contribution in [2.45, 2.75) is 33.2 Å². The number of pyridine rings is 2. The minimum absolute atomic E-state index is 0.0354. The summed E-state index contributed by atoms with van der Waals surface area (Å²) in [5.41, 5.74) is 5.10. The van der Waals surface area contributed by atoms with Crippen LogP contribution in [0.2, 0.25) is 0 Å². The van der Waals surface area contributed by atoms with Crippen LogP contribution in [0.3, 0.4) is 0 Å².